The van der Waals surface area contributed by atoms with E-state index < -0.39 is 0 Å². The molecule has 1 heterocycles. The van der Waals surface area contributed by atoms with Crippen molar-refractivity contribution in [1.29, 1.82) is 0 Å². The van der Waals surface area contributed by atoms with E-state index in [0.717, 1.165) is 42.6 Å². The third kappa shape index (κ3) is 2.75. The van der Waals surface area contributed by atoms with Crippen LogP contribution in [0.5, 0.6) is 0 Å². The van der Waals surface area contributed by atoms with E-state index in [1.54, 1.807) is 0 Å². The third-order valence-corrected chi connectivity index (χ3v) is 6.68. The summed E-state index contributed by atoms with van der Waals surface area (Å²) in [5.41, 5.74) is 1.18. The lowest BCUT2D eigenvalue weighted by Gasteiger charge is -2.56. The van der Waals surface area contributed by atoms with Gasteiger partial charge < -0.3 is 9.73 Å². The van der Waals surface area contributed by atoms with Crippen LogP contribution in [0, 0.1) is 17.8 Å². The van der Waals surface area contributed by atoms with Gasteiger partial charge in [0.15, 0.2) is 11.5 Å². The Balaban J connectivity index is 1.45. The van der Waals surface area contributed by atoms with Crippen molar-refractivity contribution in [3.8, 4) is 11.3 Å². The van der Waals surface area contributed by atoms with Gasteiger partial charge in [-0.3, -0.25) is 4.79 Å². The molecule has 5 heteroatoms. The number of rotatable bonds is 4. The number of nitrogens with zero attached hydrogens (tertiary/aromatic N) is 1. The molecule has 4 bridgehead atoms. The fourth-order valence-corrected chi connectivity index (χ4v) is 6.04. The molecule has 26 heavy (non-hydrogen) atoms. The molecule has 4 nitrogen and oxygen atoms in total. The molecule has 4 aliphatic carbocycles. The summed E-state index contributed by atoms with van der Waals surface area (Å²) in [5, 5.41) is 3.38. The van der Waals surface area contributed by atoms with Crippen molar-refractivity contribution in [2.24, 2.45) is 17.8 Å². The summed E-state index contributed by atoms with van der Waals surface area (Å²) in [4.78, 5) is 17.6. The Hall–Kier alpha value is -1.81. The first kappa shape index (κ1) is 16.4. The van der Waals surface area contributed by atoms with Crippen LogP contribution >= 0.6 is 11.6 Å². The Bertz CT molecular complexity index is 795. The normalized spacial score (nSPS) is 32.0. The van der Waals surface area contributed by atoms with Crippen LogP contribution < -0.4 is 5.32 Å². The van der Waals surface area contributed by atoms with E-state index in [4.69, 9.17) is 16.0 Å². The number of aromatic nitrogens is 1. The number of nitrogens with one attached hydrogen (secondary N) is 1. The molecule has 1 amide bonds. The Morgan fingerprint density at radius 1 is 1.12 bits per heavy atom. The van der Waals surface area contributed by atoms with Gasteiger partial charge in [-0.25, -0.2) is 4.98 Å². The van der Waals surface area contributed by atoms with Gasteiger partial charge in [-0.05, 0) is 56.3 Å². The fraction of sp³-hybridized carbons (Fsp3) is 0.524. The molecule has 0 radical (unpaired) electrons. The van der Waals surface area contributed by atoms with E-state index in [1.165, 1.54) is 19.3 Å². The average molecular weight is 371 g/mol. The summed E-state index contributed by atoms with van der Waals surface area (Å²) in [5.74, 6) is 3.29. The predicted octanol–water partition coefficient (Wildman–Crippen LogP) is 4.78. The number of carbonyl (C=O) groups excluding carboxylic acids is 1. The highest BCUT2D eigenvalue weighted by molar-refractivity contribution is 6.16. The zero-order valence-corrected chi connectivity index (χ0v) is 15.5. The summed E-state index contributed by atoms with van der Waals surface area (Å²) in [6.45, 7) is 0. The number of halogens is 1. The molecule has 0 unspecified atom stereocenters. The third-order valence-electron chi connectivity index (χ3n) is 6.45. The van der Waals surface area contributed by atoms with Crippen LogP contribution in [-0.2, 0) is 5.88 Å². The summed E-state index contributed by atoms with van der Waals surface area (Å²) >= 11 is 5.92. The van der Waals surface area contributed by atoms with Crippen molar-refractivity contribution in [2.75, 3.05) is 0 Å². The SMILES string of the molecule is O=C(NC12CC3CC(CC(C3)C1)C2)c1nc(CCl)oc1-c1ccccc1. The fourth-order valence-electron chi connectivity index (χ4n) is 5.92. The largest absolute Gasteiger partial charge is 0.439 e. The van der Waals surface area contributed by atoms with E-state index in [0.29, 0.717) is 17.3 Å². The number of amides is 1. The Labute approximate surface area is 158 Å². The molecule has 4 fully saturated rings. The minimum atomic E-state index is -0.120. The second-order valence-electron chi connectivity index (χ2n) is 8.44. The van der Waals surface area contributed by atoms with Gasteiger partial charge in [-0.1, -0.05) is 30.3 Å². The van der Waals surface area contributed by atoms with Crippen molar-refractivity contribution in [3.05, 3.63) is 41.9 Å². The first-order chi connectivity index (χ1) is 12.6. The molecule has 0 atom stereocenters. The zero-order valence-electron chi connectivity index (χ0n) is 14.7. The Morgan fingerprint density at radius 2 is 1.73 bits per heavy atom. The monoisotopic (exact) mass is 370 g/mol. The number of hydrogen-bond acceptors (Lipinski definition) is 3. The van der Waals surface area contributed by atoms with Crippen LogP contribution in [0.25, 0.3) is 11.3 Å². The van der Waals surface area contributed by atoms with Gasteiger partial charge in [-0.2, -0.15) is 0 Å². The van der Waals surface area contributed by atoms with Gasteiger partial charge in [-0.15, -0.1) is 11.6 Å². The highest BCUT2D eigenvalue weighted by Gasteiger charge is 2.51. The Morgan fingerprint density at radius 3 is 2.31 bits per heavy atom. The summed E-state index contributed by atoms with van der Waals surface area (Å²) in [6, 6.07) is 9.66. The lowest BCUT2D eigenvalue weighted by Crippen LogP contribution is -2.59. The van der Waals surface area contributed by atoms with Gasteiger partial charge in [0, 0.05) is 11.1 Å². The van der Waals surface area contributed by atoms with Crippen LogP contribution in [0.1, 0.15) is 54.9 Å². The molecule has 4 saturated carbocycles. The number of hydrogen-bond donors (Lipinski definition) is 1. The second-order valence-corrected chi connectivity index (χ2v) is 8.70. The molecule has 0 aliphatic heterocycles. The lowest BCUT2D eigenvalue weighted by atomic mass is 9.53. The molecule has 6 rings (SSSR count). The van der Waals surface area contributed by atoms with E-state index in [-0.39, 0.29) is 17.3 Å². The van der Waals surface area contributed by atoms with Gasteiger partial charge in [0.25, 0.3) is 5.91 Å². The highest BCUT2D eigenvalue weighted by atomic mass is 35.5. The van der Waals surface area contributed by atoms with Crippen molar-refractivity contribution in [3.63, 3.8) is 0 Å². The van der Waals surface area contributed by atoms with Crippen molar-refractivity contribution < 1.29 is 9.21 Å². The molecular formula is C21H23ClN2O2. The summed E-state index contributed by atoms with van der Waals surface area (Å²) in [7, 11) is 0. The molecular weight excluding hydrogens is 348 g/mol. The molecule has 1 N–H and O–H groups in total. The van der Waals surface area contributed by atoms with E-state index in [1.807, 2.05) is 30.3 Å². The van der Waals surface area contributed by atoms with Gasteiger partial charge in [0.05, 0.1) is 5.88 Å². The number of carbonyl (C=O) groups is 1. The summed E-state index contributed by atoms with van der Waals surface area (Å²) < 4.78 is 5.79. The topological polar surface area (TPSA) is 55.1 Å². The minimum Gasteiger partial charge on any atom is -0.439 e. The molecule has 2 aromatic rings. The molecule has 1 aromatic heterocycles. The van der Waals surface area contributed by atoms with Crippen LogP contribution in [0.2, 0.25) is 0 Å². The van der Waals surface area contributed by atoms with Crippen LogP contribution in [0.3, 0.4) is 0 Å². The minimum absolute atomic E-state index is 0.0418. The predicted molar refractivity (Wildman–Crippen MR) is 99.9 cm³/mol. The van der Waals surface area contributed by atoms with Gasteiger partial charge >= 0.3 is 0 Å². The molecule has 0 spiro atoms. The van der Waals surface area contributed by atoms with Crippen molar-refractivity contribution >= 4 is 17.5 Å². The van der Waals surface area contributed by atoms with Crippen LogP contribution in [0.4, 0.5) is 0 Å². The maximum atomic E-state index is 13.2. The van der Waals surface area contributed by atoms with Gasteiger partial charge in [0.2, 0.25) is 5.89 Å². The van der Waals surface area contributed by atoms with Crippen LogP contribution in [0.15, 0.2) is 34.7 Å². The van der Waals surface area contributed by atoms with Gasteiger partial charge in [0.1, 0.15) is 0 Å². The standard InChI is InChI=1S/C21H23ClN2O2/c22-12-17-23-18(19(26-17)16-4-2-1-3-5-16)20(25)24-21-9-13-6-14(10-21)8-15(7-13)11-21/h1-5,13-15H,6-12H2,(H,24,25). The first-order valence-corrected chi connectivity index (χ1v) is 10.1. The molecule has 1 aromatic carbocycles. The average Bonchev–Trinajstić information content (AvgIpc) is 3.05. The first-order valence-electron chi connectivity index (χ1n) is 9.58. The summed E-state index contributed by atoms with van der Waals surface area (Å²) in [6.07, 6.45) is 7.41. The second kappa shape index (κ2) is 6.12. The number of benzene rings is 1. The van der Waals surface area contributed by atoms with Crippen molar-refractivity contribution in [2.45, 2.75) is 49.9 Å². The quantitative estimate of drug-likeness (QED) is 0.788. The van der Waals surface area contributed by atoms with Crippen molar-refractivity contribution in [1.82, 2.24) is 10.3 Å². The lowest BCUT2D eigenvalue weighted by molar-refractivity contribution is -0.0167. The zero-order chi connectivity index (χ0) is 17.7. The van der Waals surface area contributed by atoms with E-state index in [2.05, 4.69) is 10.3 Å². The number of alkyl halides is 1. The highest BCUT2D eigenvalue weighted by Crippen LogP contribution is 2.55. The number of oxazole rings is 1. The smallest absolute Gasteiger partial charge is 0.274 e. The van der Waals surface area contributed by atoms with E-state index >= 15 is 0 Å². The van der Waals surface area contributed by atoms with E-state index in [9.17, 15) is 4.79 Å². The van der Waals surface area contributed by atoms with Crippen LogP contribution in [-0.4, -0.2) is 16.4 Å². The maximum Gasteiger partial charge on any atom is 0.274 e. The molecule has 136 valence electrons. The molecule has 4 aliphatic rings. The molecule has 0 saturated heterocycles. The Kier molecular flexibility index (Phi) is 3.85. The maximum absolute atomic E-state index is 13.2.